The van der Waals surface area contributed by atoms with Gasteiger partial charge < -0.3 is 15.0 Å². The van der Waals surface area contributed by atoms with Crippen LogP contribution in [-0.2, 0) is 9.53 Å². The van der Waals surface area contributed by atoms with Crippen LogP contribution >= 0.6 is 9.39 Å². The van der Waals surface area contributed by atoms with Gasteiger partial charge in [0.05, 0.1) is 13.2 Å². The van der Waals surface area contributed by atoms with Crippen molar-refractivity contribution in [3.05, 3.63) is 0 Å². The van der Waals surface area contributed by atoms with Gasteiger partial charge in [-0.3, -0.25) is 9.88 Å². The highest BCUT2D eigenvalue weighted by molar-refractivity contribution is 7.13. The van der Waals surface area contributed by atoms with E-state index in [0.717, 1.165) is 26.2 Å². The van der Waals surface area contributed by atoms with E-state index in [2.05, 4.69) is 24.7 Å². The van der Waals surface area contributed by atoms with Crippen molar-refractivity contribution in [2.75, 3.05) is 39.4 Å². The molecule has 0 radical (unpaired) electrons. The Bertz CT molecular complexity index is 256. The van der Waals surface area contributed by atoms with Crippen LogP contribution < -0.4 is 10.4 Å². The minimum absolute atomic E-state index is 0.0478. The van der Waals surface area contributed by atoms with Gasteiger partial charge in [-0.15, -0.1) is 0 Å². The van der Waals surface area contributed by atoms with Crippen molar-refractivity contribution in [3.63, 3.8) is 0 Å². The van der Waals surface area contributed by atoms with Crippen molar-refractivity contribution in [1.29, 1.82) is 0 Å². The normalized spacial score (nSPS) is 17.9. The van der Waals surface area contributed by atoms with Gasteiger partial charge in [-0.2, -0.15) is 0 Å². The van der Waals surface area contributed by atoms with E-state index in [9.17, 15) is 4.79 Å². The van der Waals surface area contributed by atoms with Gasteiger partial charge in [0.1, 0.15) is 0 Å². The Morgan fingerprint density at radius 2 is 2.05 bits per heavy atom. The Morgan fingerprint density at radius 1 is 1.37 bits per heavy atom. The van der Waals surface area contributed by atoms with E-state index >= 15 is 0 Å². The number of rotatable bonds is 8. The fourth-order valence-electron chi connectivity index (χ4n) is 2.07. The molecule has 6 heteroatoms. The third kappa shape index (κ3) is 7.21. The minimum atomic E-state index is 0.0478. The number of carbonyl (C=O) groups excluding carboxylic acids is 1. The monoisotopic (exact) mass is 289 g/mol. The Kier molecular flexibility index (Phi) is 8.55. The first-order valence-electron chi connectivity index (χ1n) is 7.17. The molecule has 0 spiro atoms. The molecule has 0 bridgehead atoms. The molecular formula is C13H28N3O2P. The Balaban J connectivity index is 1.93. The Labute approximate surface area is 119 Å². The van der Waals surface area contributed by atoms with Crippen LogP contribution in [0.3, 0.4) is 0 Å². The molecule has 1 fully saturated rings. The van der Waals surface area contributed by atoms with Gasteiger partial charge in [0.2, 0.25) is 5.91 Å². The summed E-state index contributed by atoms with van der Waals surface area (Å²) in [6.45, 7) is 9.00. The second kappa shape index (κ2) is 9.65. The highest BCUT2D eigenvalue weighted by Crippen LogP contribution is 2.10. The summed E-state index contributed by atoms with van der Waals surface area (Å²) < 4.78 is 5.54. The van der Waals surface area contributed by atoms with Crippen LogP contribution in [0.2, 0.25) is 0 Å². The zero-order chi connectivity index (χ0) is 14.1. The smallest absolute Gasteiger partial charge is 0.222 e. The summed E-state index contributed by atoms with van der Waals surface area (Å²) in [7, 11) is 2.60. The lowest BCUT2D eigenvalue weighted by atomic mass is 10.1. The van der Waals surface area contributed by atoms with Gasteiger partial charge in [-0.05, 0) is 25.9 Å². The van der Waals surface area contributed by atoms with E-state index in [1.807, 2.05) is 13.8 Å². The van der Waals surface area contributed by atoms with Crippen molar-refractivity contribution in [3.8, 4) is 0 Å². The maximum absolute atomic E-state index is 11.3. The maximum Gasteiger partial charge on any atom is 0.222 e. The molecule has 1 atom stereocenters. The number of nitrogens with one attached hydrogen (secondary N) is 2. The Morgan fingerprint density at radius 3 is 2.63 bits per heavy atom. The van der Waals surface area contributed by atoms with Crippen LogP contribution in [-0.4, -0.2) is 56.2 Å². The highest BCUT2D eigenvalue weighted by atomic mass is 31.0. The molecule has 1 amide bonds. The standard InChI is InChI=1S/C13H28N3O2P/c1-11(2)13(17)14-5-9-18-10-8-16-6-3-12(15-19)4-7-16/h11-12,15H,3-10,19H2,1-2H3,(H,14,17). The second-order valence-electron chi connectivity index (χ2n) is 5.34. The molecule has 0 aromatic carbocycles. The number of piperidine rings is 1. The average Bonchev–Trinajstić information content (AvgIpc) is 2.42. The lowest BCUT2D eigenvalue weighted by Crippen LogP contribution is -2.41. The van der Waals surface area contributed by atoms with E-state index in [1.54, 1.807) is 0 Å². The average molecular weight is 289 g/mol. The minimum Gasteiger partial charge on any atom is -0.378 e. The number of hydrogen-bond donors (Lipinski definition) is 2. The molecule has 2 N–H and O–H groups in total. The van der Waals surface area contributed by atoms with Crippen molar-refractivity contribution < 1.29 is 9.53 Å². The van der Waals surface area contributed by atoms with Crippen LogP contribution in [0.25, 0.3) is 0 Å². The molecule has 1 unspecified atom stereocenters. The molecule has 1 aliphatic heterocycles. The van der Waals surface area contributed by atoms with Crippen LogP contribution in [0.4, 0.5) is 0 Å². The molecular weight excluding hydrogens is 261 g/mol. The summed E-state index contributed by atoms with van der Waals surface area (Å²) in [5.74, 6) is 0.141. The molecule has 0 saturated carbocycles. The van der Waals surface area contributed by atoms with Gasteiger partial charge in [-0.1, -0.05) is 23.2 Å². The quantitative estimate of drug-likeness (QED) is 0.508. The Hall–Kier alpha value is -0.220. The molecule has 5 nitrogen and oxygen atoms in total. The molecule has 0 aromatic rings. The lowest BCUT2D eigenvalue weighted by Gasteiger charge is -2.31. The first-order valence-corrected chi connectivity index (χ1v) is 7.75. The lowest BCUT2D eigenvalue weighted by molar-refractivity contribution is -0.124. The van der Waals surface area contributed by atoms with Crippen molar-refractivity contribution in [2.45, 2.75) is 32.7 Å². The highest BCUT2D eigenvalue weighted by Gasteiger charge is 2.16. The first-order chi connectivity index (χ1) is 9.13. The van der Waals surface area contributed by atoms with Crippen LogP contribution in [0.1, 0.15) is 26.7 Å². The first kappa shape index (κ1) is 16.8. The van der Waals surface area contributed by atoms with Crippen molar-refractivity contribution in [1.82, 2.24) is 15.3 Å². The van der Waals surface area contributed by atoms with Crippen molar-refractivity contribution in [2.24, 2.45) is 5.92 Å². The van der Waals surface area contributed by atoms with Gasteiger partial charge >= 0.3 is 0 Å². The number of ether oxygens (including phenoxy) is 1. The zero-order valence-corrected chi connectivity index (χ0v) is 13.3. The molecule has 1 heterocycles. The summed E-state index contributed by atoms with van der Waals surface area (Å²) in [5, 5.41) is 6.09. The summed E-state index contributed by atoms with van der Waals surface area (Å²) >= 11 is 0. The fraction of sp³-hybridized carbons (Fsp3) is 0.923. The van der Waals surface area contributed by atoms with Gasteiger partial charge in [-0.25, -0.2) is 0 Å². The van der Waals surface area contributed by atoms with E-state index in [-0.39, 0.29) is 11.8 Å². The topological polar surface area (TPSA) is 53.6 Å². The molecule has 0 aromatic heterocycles. The van der Waals surface area contributed by atoms with Gasteiger partial charge in [0.15, 0.2) is 0 Å². The number of amides is 1. The second-order valence-corrected chi connectivity index (χ2v) is 5.67. The molecule has 1 saturated heterocycles. The number of hydrogen-bond acceptors (Lipinski definition) is 4. The summed E-state index contributed by atoms with van der Waals surface area (Å²) in [5.41, 5.74) is 0. The molecule has 112 valence electrons. The molecule has 0 aliphatic carbocycles. The fourth-order valence-corrected chi connectivity index (χ4v) is 2.40. The van der Waals surface area contributed by atoms with Crippen LogP contribution in [0, 0.1) is 5.92 Å². The number of likely N-dealkylation sites (tertiary alicyclic amines) is 1. The van der Waals surface area contributed by atoms with E-state index in [0.29, 0.717) is 19.2 Å². The molecule has 1 aliphatic rings. The summed E-state index contributed by atoms with van der Waals surface area (Å²) in [6, 6.07) is 0.647. The number of carbonyl (C=O) groups is 1. The van der Waals surface area contributed by atoms with E-state index in [4.69, 9.17) is 4.74 Å². The third-order valence-corrected chi connectivity index (χ3v) is 3.92. The largest absolute Gasteiger partial charge is 0.378 e. The molecule has 1 rings (SSSR count). The molecule has 19 heavy (non-hydrogen) atoms. The summed E-state index contributed by atoms with van der Waals surface area (Å²) in [4.78, 5) is 13.7. The third-order valence-electron chi connectivity index (χ3n) is 3.45. The predicted molar refractivity (Wildman–Crippen MR) is 81.0 cm³/mol. The van der Waals surface area contributed by atoms with Gasteiger partial charge in [0, 0.05) is 25.0 Å². The van der Waals surface area contributed by atoms with Crippen molar-refractivity contribution >= 4 is 15.3 Å². The van der Waals surface area contributed by atoms with Crippen LogP contribution in [0.5, 0.6) is 0 Å². The van der Waals surface area contributed by atoms with E-state index in [1.165, 1.54) is 12.8 Å². The van der Waals surface area contributed by atoms with E-state index < -0.39 is 0 Å². The maximum atomic E-state index is 11.3. The predicted octanol–water partition coefficient (Wildman–Crippen LogP) is 0.619. The number of nitrogens with zero attached hydrogens (tertiary/aromatic N) is 1. The van der Waals surface area contributed by atoms with Crippen LogP contribution in [0.15, 0.2) is 0 Å². The zero-order valence-electron chi connectivity index (χ0n) is 12.2. The summed E-state index contributed by atoms with van der Waals surface area (Å²) in [6.07, 6.45) is 2.40. The SMILES string of the molecule is CC(C)C(=O)NCCOCCN1CCC(NP)CC1. The van der Waals surface area contributed by atoms with Gasteiger partial charge in [0.25, 0.3) is 0 Å².